The maximum absolute atomic E-state index is 12.0. The molecule has 2 unspecified atom stereocenters. The van der Waals surface area contributed by atoms with Gasteiger partial charge in [-0.15, -0.1) is 0 Å². The molecule has 2 atom stereocenters. The number of carbonyl (C=O) groups excluding carboxylic acids is 1. The largest absolute Gasteiger partial charge is 0.379 e. The van der Waals surface area contributed by atoms with Crippen molar-refractivity contribution in [3.05, 3.63) is 12.2 Å². The van der Waals surface area contributed by atoms with Gasteiger partial charge in [0, 0.05) is 19.0 Å². The standard InChI is InChI=1S/C10H16N4O3/c1-10(5-16-4-7(10)11)9(15)12-3-2-8-13-6-14-17-8/h6-7H,2-5,11H2,1H3,(H,12,15). The highest BCUT2D eigenvalue weighted by Crippen LogP contribution is 2.26. The van der Waals surface area contributed by atoms with E-state index in [-0.39, 0.29) is 11.9 Å². The highest BCUT2D eigenvalue weighted by atomic mass is 16.5. The zero-order valence-electron chi connectivity index (χ0n) is 9.68. The lowest BCUT2D eigenvalue weighted by Crippen LogP contribution is -2.50. The summed E-state index contributed by atoms with van der Waals surface area (Å²) in [5.41, 5.74) is 5.21. The van der Waals surface area contributed by atoms with Gasteiger partial charge in [0.25, 0.3) is 0 Å². The van der Waals surface area contributed by atoms with E-state index < -0.39 is 5.41 Å². The summed E-state index contributed by atoms with van der Waals surface area (Å²) in [7, 11) is 0. The second-order valence-electron chi connectivity index (χ2n) is 4.38. The van der Waals surface area contributed by atoms with Crippen LogP contribution in [-0.2, 0) is 16.0 Å². The molecule has 1 saturated heterocycles. The third-order valence-electron chi connectivity index (χ3n) is 3.07. The van der Waals surface area contributed by atoms with E-state index in [1.54, 1.807) is 0 Å². The van der Waals surface area contributed by atoms with Gasteiger partial charge in [0.1, 0.15) is 0 Å². The topological polar surface area (TPSA) is 103 Å². The van der Waals surface area contributed by atoms with Crippen LogP contribution in [0, 0.1) is 5.41 Å². The van der Waals surface area contributed by atoms with Gasteiger partial charge in [0.15, 0.2) is 6.33 Å². The number of nitrogens with two attached hydrogens (primary N) is 1. The molecule has 0 bridgehead atoms. The Morgan fingerprint density at radius 1 is 1.76 bits per heavy atom. The highest BCUT2D eigenvalue weighted by molar-refractivity contribution is 5.83. The number of nitrogens with zero attached hydrogens (tertiary/aromatic N) is 2. The van der Waals surface area contributed by atoms with Gasteiger partial charge >= 0.3 is 0 Å². The summed E-state index contributed by atoms with van der Waals surface area (Å²) in [5, 5.41) is 6.29. The van der Waals surface area contributed by atoms with E-state index in [0.29, 0.717) is 32.1 Å². The lowest BCUT2D eigenvalue weighted by atomic mass is 9.85. The summed E-state index contributed by atoms with van der Waals surface area (Å²) >= 11 is 0. The molecule has 7 heteroatoms. The number of aromatic nitrogens is 2. The van der Waals surface area contributed by atoms with Crippen LogP contribution in [0.2, 0.25) is 0 Å². The molecule has 1 aliphatic heterocycles. The van der Waals surface area contributed by atoms with Crippen molar-refractivity contribution >= 4 is 5.91 Å². The fourth-order valence-electron chi connectivity index (χ4n) is 1.71. The normalized spacial score (nSPS) is 28.2. The number of hydrogen-bond acceptors (Lipinski definition) is 6. The molecule has 0 saturated carbocycles. The van der Waals surface area contributed by atoms with E-state index >= 15 is 0 Å². The maximum atomic E-state index is 12.0. The van der Waals surface area contributed by atoms with E-state index in [9.17, 15) is 4.79 Å². The molecule has 0 aliphatic carbocycles. The summed E-state index contributed by atoms with van der Waals surface area (Å²) < 4.78 is 10.0. The molecule has 17 heavy (non-hydrogen) atoms. The van der Waals surface area contributed by atoms with Gasteiger partial charge in [-0.05, 0) is 6.92 Å². The lowest BCUT2D eigenvalue weighted by molar-refractivity contribution is -0.130. The van der Waals surface area contributed by atoms with Crippen LogP contribution in [0.4, 0.5) is 0 Å². The zero-order valence-corrected chi connectivity index (χ0v) is 9.68. The van der Waals surface area contributed by atoms with E-state index in [1.807, 2.05) is 6.92 Å². The van der Waals surface area contributed by atoms with Crippen LogP contribution in [0.5, 0.6) is 0 Å². The van der Waals surface area contributed by atoms with Crippen molar-refractivity contribution in [2.24, 2.45) is 11.1 Å². The number of carbonyl (C=O) groups is 1. The van der Waals surface area contributed by atoms with Gasteiger partial charge in [0.05, 0.1) is 18.6 Å². The fraction of sp³-hybridized carbons (Fsp3) is 0.700. The molecule has 1 amide bonds. The summed E-state index contributed by atoms with van der Waals surface area (Å²) in [4.78, 5) is 15.8. The Kier molecular flexibility index (Phi) is 3.39. The summed E-state index contributed by atoms with van der Waals surface area (Å²) in [5.74, 6) is 0.407. The Labute approximate surface area is 98.7 Å². The molecular weight excluding hydrogens is 224 g/mol. The van der Waals surface area contributed by atoms with E-state index in [4.69, 9.17) is 15.0 Å². The number of rotatable bonds is 4. The molecule has 94 valence electrons. The van der Waals surface area contributed by atoms with Gasteiger partial charge in [-0.1, -0.05) is 5.16 Å². The molecule has 1 aliphatic rings. The second-order valence-corrected chi connectivity index (χ2v) is 4.38. The smallest absolute Gasteiger partial charge is 0.229 e. The molecule has 2 heterocycles. The Morgan fingerprint density at radius 2 is 2.59 bits per heavy atom. The average Bonchev–Trinajstić information content (AvgIpc) is 2.91. The molecule has 0 aromatic carbocycles. The number of hydrogen-bond donors (Lipinski definition) is 2. The summed E-state index contributed by atoms with van der Waals surface area (Å²) in [6, 6.07) is -0.258. The van der Waals surface area contributed by atoms with E-state index in [0.717, 1.165) is 0 Å². The Balaban J connectivity index is 1.81. The average molecular weight is 240 g/mol. The minimum Gasteiger partial charge on any atom is -0.379 e. The quantitative estimate of drug-likeness (QED) is 0.706. The molecule has 3 N–H and O–H groups in total. The predicted molar refractivity (Wildman–Crippen MR) is 57.9 cm³/mol. The third-order valence-corrected chi connectivity index (χ3v) is 3.07. The molecule has 1 fully saturated rings. The van der Waals surface area contributed by atoms with E-state index in [1.165, 1.54) is 6.33 Å². The molecule has 1 aromatic heterocycles. The molecule has 7 nitrogen and oxygen atoms in total. The van der Waals surface area contributed by atoms with Crippen LogP contribution in [0.15, 0.2) is 10.9 Å². The number of ether oxygens (including phenoxy) is 1. The van der Waals surface area contributed by atoms with Crippen molar-refractivity contribution in [3.8, 4) is 0 Å². The monoisotopic (exact) mass is 240 g/mol. The van der Waals surface area contributed by atoms with Crippen LogP contribution in [-0.4, -0.2) is 41.8 Å². The van der Waals surface area contributed by atoms with Gasteiger partial charge in [-0.2, -0.15) is 4.98 Å². The Hall–Kier alpha value is -1.47. The minimum atomic E-state index is -0.644. The van der Waals surface area contributed by atoms with Crippen LogP contribution in [0.1, 0.15) is 12.8 Å². The first kappa shape index (κ1) is 12.0. The van der Waals surface area contributed by atoms with Crippen molar-refractivity contribution in [2.45, 2.75) is 19.4 Å². The first-order valence-corrected chi connectivity index (χ1v) is 5.50. The van der Waals surface area contributed by atoms with Gasteiger partial charge in [-0.25, -0.2) is 0 Å². The van der Waals surface area contributed by atoms with Crippen molar-refractivity contribution < 1.29 is 14.1 Å². The number of nitrogens with one attached hydrogen (secondary N) is 1. The van der Waals surface area contributed by atoms with Gasteiger partial charge in [-0.3, -0.25) is 4.79 Å². The molecule has 2 rings (SSSR count). The first-order valence-electron chi connectivity index (χ1n) is 5.50. The molecule has 1 aromatic rings. The molecule has 0 spiro atoms. The van der Waals surface area contributed by atoms with Crippen molar-refractivity contribution in [2.75, 3.05) is 19.8 Å². The van der Waals surface area contributed by atoms with Crippen LogP contribution in [0.3, 0.4) is 0 Å². The SMILES string of the molecule is CC1(C(=O)NCCc2ncno2)COCC1N. The summed E-state index contributed by atoms with van der Waals surface area (Å²) in [6.07, 6.45) is 1.84. The van der Waals surface area contributed by atoms with Crippen molar-refractivity contribution in [1.29, 1.82) is 0 Å². The van der Waals surface area contributed by atoms with Gasteiger partial charge < -0.3 is 20.3 Å². The maximum Gasteiger partial charge on any atom is 0.229 e. The van der Waals surface area contributed by atoms with Gasteiger partial charge in [0.2, 0.25) is 11.8 Å². The molecule has 0 radical (unpaired) electrons. The first-order chi connectivity index (χ1) is 8.13. The van der Waals surface area contributed by atoms with Crippen molar-refractivity contribution in [3.63, 3.8) is 0 Å². The second kappa shape index (κ2) is 4.80. The minimum absolute atomic E-state index is 0.0954. The number of amides is 1. The Morgan fingerprint density at radius 3 is 3.18 bits per heavy atom. The van der Waals surface area contributed by atoms with Crippen LogP contribution >= 0.6 is 0 Å². The molecular formula is C10H16N4O3. The third kappa shape index (κ3) is 2.45. The highest BCUT2D eigenvalue weighted by Gasteiger charge is 2.44. The fourth-order valence-corrected chi connectivity index (χ4v) is 1.71. The van der Waals surface area contributed by atoms with Crippen LogP contribution in [0.25, 0.3) is 0 Å². The summed E-state index contributed by atoms with van der Waals surface area (Å²) in [6.45, 7) is 3.05. The van der Waals surface area contributed by atoms with Crippen molar-refractivity contribution in [1.82, 2.24) is 15.5 Å². The lowest BCUT2D eigenvalue weighted by Gasteiger charge is -2.25. The zero-order chi connectivity index (χ0) is 12.3. The van der Waals surface area contributed by atoms with E-state index in [2.05, 4.69) is 15.5 Å². The predicted octanol–water partition coefficient (Wildman–Crippen LogP) is -0.908. The van der Waals surface area contributed by atoms with Crippen LogP contribution < -0.4 is 11.1 Å². The Bertz CT molecular complexity index is 381.